The Bertz CT molecular complexity index is 507. The van der Waals surface area contributed by atoms with Crippen LogP contribution >= 0.6 is 15.9 Å². The maximum absolute atomic E-state index is 12.3. The Morgan fingerprint density at radius 2 is 1.83 bits per heavy atom. The zero-order valence-electron chi connectivity index (χ0n) is 10.2. The van der Waals surface area contributed by atoms with E-state index in [4.69, 9.17) is 4.74 Å². The van der Waals surface area contributed by atoms with Crippen LogP contribution < -0.4 is 0 Å². The van der Waals surface area contributed by atoms with E-state index in [9.17, 15) is 13.2 Å². The maximum atomic E-state index is 12.3. The topological polar surface area (TPSA) is 60.4 Å². The van der Waals surface area contributed by atoms with E-state index < -0.39 is 21.1 Å². The Labute approximate surface area is 115 Å². The molecule has 1 aromatic rings. The Balaban J connectivity index is 3.10. The monoisotopic (exact) mass is 334 g/mol. The number of ether oxygens (including phenoxy) is 1. The number of sulfone groups is 1. The van der Waals surface area contributed by atoms with E-state index in [0.717, 1.165) is 4.47 Å². The van der Waals surface area contributed by atoms with E-state index in [2.05, 4.69) is 15.9 Å². The van der Waals surface area contributed by atoms with Crippen molar-refractivity contribution in [2.24, 2.45) is 0 Å². The van der Waals surface area contributed by atoms with Crippen molar-refractivity contribution in [2.45, 2.75) is 30.4 Å². The number of hydrogen-bond donors (Lipinski definition) is 0. The molecule has 1 aromatic carbocycles. The van der Waals surface area contributed by atoms with Gasteiger partial charge in [-0.2, -0.15) is 0 Å². The van der Waals surface area contributed by atoms with E-state index >= 15 is 0 Å². The van der Waals surface area contributed by atoms with Crippen molar-refractivity contribution in [3.05, 3.63) is 28.7 Å². The summed E-state index contributed by atoms with van der Waals surface area (Å²) in [5.74, 6) is -0.692. The summed E-state index contributed by atoms with van der Waals surface area (Å²) in [6, 6.07) is 6.21. The highest BCUT2D eigenvalue weighted by molar-refractivity contribution is 9.10. The minimum atomic E-state index is -3.68. The molecule has 0 aliphatic rings. The summed E-state index contributed by atoms with van der Waals surface area (Å²) < 4.78 is 30.1. The van der Waals surface area contributed by atoms with Gasteiger partial charge >= 0.3 is 5.97 Å². The Morgan fingerprint density at radius 3 is 2.28 bits per heavy atom. The second-order valence-electron chi connectivity index (χ2n) is 3.65. The summed E-state index contributed by atoms with van der Waals surface area (Å²) in [5, 5.41) is -1.14. The largest absolute Gasteiger partial charge is 0.465 e. The molecular formula is C12H15BrO4S. The standard InChI is InChI=1S/C12H15BrO4S/c1-3-11(12(14)17-4-2)18(15,16)10-7-5-9(13)6-8-10/h5-8,11H,3-4H2,1-2H3. The third-order valence-corrected chi connectivity index (χ3v) is 5.17. The van der Waals surface area contributed by atoms with Crippen LogP contribution in [0.15, 0.2) is 33.6 Å². The molecule has 0 aromatic heterocycles. The molecule has 0 spiro atoms. The van der Waals surface area contributed by atoms with Crippen molar-refractivity contribution in [3.8, 4) is 0 Å². The zero-order valence-corrected chi connectivity index (χ0v) is 12.6. The molecule has 0 amide bonds. The average molecular weight is 335 g/mol. The quantitative estimate of drug-likeness (QED) is 0.776. The van der Waals surface area contributed by atoms with Crippen LogP contribution in [0.25, 0.3) is 0 Å². The number of rotatable bonds is 5. The van der Waals surface area contributed by atoms with Crippen molar-refractivity contribution in [2.75, 3.05) is 6.61 Å². The zero-order chi connectivity index (χ0) is 13.8. The van der Waals surface area contributed by atoms with Crippen LogP contribution in [-0.2, 0) is 19.4 Å². The van der Waals surface area contributed by atoms with Gasteiger partial charge in [-0.3, -0.25) is 4.79 Å². The lowest BCUT2D eigenvalue weighted by molar-refractivity contribution is -0.142. The highest BCUT2D eigenvalue weighted by atomic mass is 79.9. The van der Waals surface area contributed by atoms with Crippen molar-refractivity contribution in [1.82, 2.24) is 0 Å². The van der Waals surface area contributed by atoms with Gasteiger partial charge in [-0.05, 0) is 37.6 Å². The second kappa shape index (κ2) is 6.33. The third kappa shape index (κ3) is 3.32. The minimum absolute atomic E-state index is 0.130. The first-order valence-corrected chi connectivity index (χ1v) is 7.93. The van der Waals surface area contributed by atoms with Gasteiger partial charge < -0.3 is 4.74 Å². The van der Waals surface area contributed by atoms with Crippen LogP contribution in [0.1, 0.15) is 20.3 Å². The number of carbonyl (C=O) groups is 1. The van der Waals surface area contributed by atoms with Crippen LogP contribution in [-0.4, -0.2) is 26.2 Å². The van der Waals surface area contributed by atoms with Crippen molar-refractivity contribution < 1.29 is 17.9 Å². The molecular weight excluding hydrogens is 320 g/mol. The van der Waals surface area contributed by atoms with Gasteiger partial charge in [0.15, 0.2) is 15.1 Å². The van der Waals surface area contributed by atoms with Gasteiger partial charge in [-0.1, -0.05) is 22.9 Å². The summed E-state index contributed by atoms with van der Waals surface area (Å²) in [7, 11) is -3.68. The summed E-state index contributed by atoms with van der Waals surface area (Å²) in [5.41, 5.74) is 0. The SMILES string of the molecule is CCOC(=O)C(CC)S(=O)(=O)c1ccc(Br)cc1. The molecule has 1 rings (SSSR count). The summed E-state index contributed by atoms with van der Waals surface area (Å²) >= 11 is 3.23. The first-order valence-electron chi connectivity index (χ1n) is 5.59. The molecule has 1 unspecified atom stereocenters. The number of benzene rings is 1. The Hall–Kier alpha value is -0.880. The fourth-order valence-corrected chi connectivity index (χ4v) is 3.41. The van der Waals surface area contributed by atoms with Crippen LogP contribution in [0.4, 0.5) is 0 Å². The molecule has 0 radical (unpaired) electrons. The highest BCUT2D eigenvalue weighted by Crippen LogP contribution is 2.21. The molecule has 4 nitrogen and oxygen atoms in total. The van der Waals surface area contributed by atoms with Gasteiger partial charge in [0.05, 0.1) is 11.5 Å². The van der Waals surface area contributed by atoms with Crippen LogP contribution in [0.3, 0.4) is 0 Å². The predicted molar refractivity (Wildman–Crippen MR) is 72.0 cm³/mol. The first-order chi connectivity index (χ1) is 8.43. The summed E-state index contributed by atoms with van der Waals surface area (Å²) in [6.45, 7) is 3.47. The van der Waals surface area contributed by atoms with E-state index in [-0.39, 0.29) is 17.9 Å². The van der Waals surface area contributed by atoms with Crippen molar-refractivity contribution in [3.63, 3.8) is 0 Å². The number of halogens is 1. The van der Waals surface area contributed by atoms with Crippen molar-refractivity contribution >= 4 is 31.7 Å². The van der Waals surface area contributed by atoms with Crippen LogP contribution in [0.5, 0.6) is 0 Å². The fraction of sp³-hybridized carbons (Fsp3) is 0.417. The molecule has 0 aliphatic carbocycles. The van der Waals surface area contributed by atoms with Gasteiger partial charge in [0.2, 0.25) is 0 Å². The molecule has 1 atom stereocenters. The van der Waals surface area contributed by atoms with Gasteiger partial charge in [0, 0.05) is 4.47 Å². The summed E-state index contributed by atoms with van der Waals surface area (Å²) in [6.07, 6.45) is 0.192. The van der Waals surface area contributed by atoms with Gasteiger partial charge in [0.1, 0.15) is 0 Å². The molecule has 100 valence electrons. The van der Waals surface area contributed by atoms with E-state index in [1.54, 1.807) is 26.0 Å². The Kier molecular flexibility index (Phi) is 5.34. The van der Waals surface area contributed by atoms with Crippen molar-refractivity contribution in [1.29, 1.82) is 0 Å². The van der Waals surface area contributed by atoms with E-state index in [1.807, 2.05) is 0 Å². The number of carbonyl (C=O) groups excluding carboxylic acids is 1. The molecule has 0 fully saturated rings. The fourth-order valence-electron chi connectivity index (χ4n) is 1.54. The smallest absolute Gasteiger partial charge is 0.324 e. The lowest BCUT2D eigenvalue weighted by atomic mass is 10.3. The molecule has 0 saturated carbocycles. The first kappa shape index (κ1) is 15.2. The summed E-state index contributed by atoms with van der Waals surface area (Å²) in [4.78, 5) is 11.8. The van der Waals surface area contributed by atoms with Gasteiger partial charge in [-0.25, -0.2) is 8.42 Å². The lowest BCUT2D eigenvalue weighted by Gasteiger charge is -2.14. The molecule has 0 heterocycles. The molecule has 0 saturated heterocycles. The van der Waals surface area contributed by atoms with E-state index in [1.165, 1.54) is 12.1 Å². The number of esters is 1. The van der Waals surface area contributed by atoms with Crippen LogP contribution in [0.2, 0.25) is 0 Å². The third-order valence-electron chi connectivity index (χ3n) is 2.44. The van der Waals surface area contributed by atoms with Crippen LogP contribution in [0, 0.1) is 0 Å². The second-order valence-corrected chi connectivity index (χ2v) is 6.69. The molecule has 0 N–H and O–H groups in total. The molecule has 6 heteroatoms. The molecule has 0 aliphatic heterocycles. The number of hydrogen-bond acceptors (Lipinski definition) is 4. The molecule has 18 heavy (non-hydrogen) atoms. The maximum Gasteiger partial charge on any atom is 0.324 e. The van der Waals surface area contributed by atoms with Gasteiger partial charge in [-0.15, -0.1) is 0 Å². The van der Waals surface area contributed by atoms with E-state index in [0.29, 0.717) is 0 Å². The minimum Gasteiger partial charge on any atom is -0.465 e. The average Bonchev–Trinajstić information content (AvgIpc) is 2.30. The molecule has 0 bridgehead atoms. The van der Waals surface area contributed by atoms with Gasteiger partial charge in [0.25, 0.3) is 0 Å². The highest BCUT2D eigenvalue weighted by Gasteiger charge is 2.33. The normalized spacial score (nSPS) is 13.1. The lowest BCUT2D eigenvalue weighted by Crippen LogP contribution is -2.31. The predicted octanol–water partition coefficient (Wildman–Crippen LogP) is 2.56. The Morgan fingerprint density at radius 1 is 1.28 bits per heavy atom.